The highest BCUT2D eigenvalue weighted by molar-refractivity contribution is 6.30. The zero-order valence-electron chi connectivity index (χ0n) is 44.8. The largest absolute Gasteiger partial charge is 0.238 e. The molecule has 360 valence electrons. The lowest BCUT2D eigenvalue weighted by Gasteiger charge is -2.21. The first-order chi connectivity index (χ1) is 36.7. The van der Waals surface area contributed by atoms with E-state index in [1.165, 1.54) is 176 Å². The Labute approximate surface area is 445 Å². The van der Waals surface area contributed by atoms with Crippen molar-refractivity contribution in [3.8, 4) is 95.1 Å². The van der Waals surface area contributed by atoms with Crippen molar-refractivity contribution in [2.45, 2.75) is 69.2 Å². The minimum Gasteiger partial charge on any atom is -0.238 e. The molecule has 0 bridgehead atoms. The van der Waals surface area contributed by atoms with E-state index in [1.807, 2.05) is 24.3 Å². The number of fused-ring (bicyclic) bond motifs is 11. The Morgan fingerprint density at radius 1 is 0.303 bits per heavy atom. The quantitative estimate of drug-likeness (QED) is 0.128. The predicted octanol–water partition coefficient (Wildman–Crippen LogP) is 20.9. The summed E-state index contributed by atoms with van der Waals surface area (Å²) >= 11 is 0. The van der Waals surface area contributed by atoms with Crippen LogP contribution in [-0.2, 0) is 0 Å². The monoisotopic (exact) mass is 970 g/mol. The molecule has 12 aromatic rings. The summed E-state index contributed by atoms with van der Waals surface area (Å²) < 4.78 is 0. The molecule has 2 nitrogen and oxygen atoms in total. The van der Waals surface area contributed by atoms with Gasteiger partial charge in [0.05, 0.1) is 18.2 Å². The standard InChI is InChI=1S/C74H54N2/c1-37-22-39(3)71(40(4)23-37)67-35-64-62-31-58-52-17-13-15-50-54(70-45(9)28-48(76-11)29-46(70)10)19-21-56(74(50)52)60(58)33-66(62)68(72-41(5)24-38(2)25-42(72)6)34-63(64)61-30-57-51-16-12-14-49-53(69-43(7)26-47(36-75)27-44(69)8)18-20-55(73(49)51)59(57)32-65(61)67/h12-35H,1-10H3. The molecule has 0 heterocycles. The van der Waals surface area contributed by atoms with Crippen LogP contribution in [0.15, 0.2) is 146 Å². The highest BCUT2D eigenvalue weighted by Gasteiger charge is 2.30. The molecule has 14 rings (SSSR count). The maximum absolute atomic E-state index is 9.85. The number of rotatable bonds is 4. The van der Waals surface area contributed by atoms with Crippen LogP contribution in [0.25, 0.3) is 148 Å². The first-order valence-corrected chi connectivity index (χ1v) is 26.6. The Kier molecular flexibility index (Phi) is 9.71. The van der Waals surface area contributed by atoms with Gasteiger partial charge in [0.25, 0.3) is 0 Å². The Morgan fingerprint density at radius 3 is 0.987 bits per heavy atom. The average Bonchev–Trinajstić information content (AvgIpc) is 3.94. The number of benzene rings is 12. The van der Waals surface area contributed by atoms with Crippen LogP contribution in [-0.4, -0.2) is 0 Å². The van der Waals surface area contributed by atoms with Gasteiger partial charge in [-0.15, -0.1) is 0 Å². The van der Waals surface area contributed by atoms with Crippen LogP contribution in [0, 0.1) is 87.1 Å². The summed E-state index contributed by atoms with van der Waals surface area (Å²) in [5, 5.41) is 22.4. The highest BCUT2D eigenvalue weighted by atomic mass is 14.6. The Balaban J connectivity index is 1.10. The molecule has 0 unspecified atom stereocenters. The van der Waals surface area contributed by atoms with E-state index < -0.39 is 0 Å². The summed E-state index contributed by atoms with van der Waals surface area (Å²) in [6, 6.07) is 58.1. The van der Waals surface area contributed by atoms with Crippen molar-refractivity contribution >= 4 is 59.5 Å². The van der Waals surface area contributed by atoms with Gasteiger partial charge in [0.2, 0.25) is 0 Å². The molecule has 2 heteroatoms. The fraction of sp³-hybridized carbons (Fsp3) is 0.135. The summed E-state index contributed by atoms with van der Waals surface area (Å²) in [6.07, 6.45) is 0. The lowest BCUT2D eigenvalue weighted by atomic mass is 9.82. The molecule has 0 aliphatic heterocycles. The first-order valence-electron chi connectivity index (χ1n) is 26.6. The van der Waals surface area contributed by atoms with Crippen molar-refractivity contribution in [1.29, 1.82) is 5.26 Å². The van der Waals surface area contributed by atoms with Gasteiger partial charge in [-0.3, -0.25) is 0 Å². The maximum atomic E-state index is 9.85. The van der Waals surface area contributed by atoms with Gasteiger partial charge in [0.1, 0.15) is 0 Å². The molecule has 0 atom stereocenters. The predicted molar refractivity (Wildman–Crippen MR) is 323 cm³/mol. The summed E-state index contributed by atoms with van der Waals surface area (Å²) in [4.78, 5) is 3.79. The van der Waals surface area contributed by atoms with Crippen molar-refractivity contribution in [3.05, 3.63) is 218 Å². The van der Waals surface area contributed by atoms with Gasteiger partial charge in [-0.25, -0.2) is 4.85 Å². The molecule has 2 aliphatic carbocycles. The molecular formula is C74H54N2. The fourth-order valence-corrected chi connectivity index (χ4v) is 14.7. The van der Waals surface area contributed by atoms with Crippen LogP contribution in [0.3, 0.4) is 0 Å². The van der Waals surface area contributed by atoms with Gasteiger partial charge in [0, 0.05) is 0 Å². The molecule has 0 saturated carbocycles. The van der Waals surface area contributed by atoms with Crippen LogP contribution in [0.5, 0.6) is 0 Å². The SMILES string of the molecule is [C-]#[N+]c1cc(C)c(-c2ccc3c4c(cccc24)-c2cc4c(cc2-3)c(-c2c(C)cc(C)cc2C)cc2c3cc5c(cc3c(-c3c(C)cc(C)cc3C)cc42)-c2ccc(-c3c(C)cc(C#N)cc3C)c3cccc-5c23)c(C)c1. The van der Waals surface area contributed by atoms with Crippen LogP contribution < -0.4 is 0 Å². The van der Waals surface area contributed by atoms with Crippen LogP contribution in [0.4, 0.5) is 5.69 Å². The van der Waals surface area contributed by atoms with Crippen LogP contribution >= 0.6 is 0 Å². The van der Waals surface area contributed by atoms with E-state index in [2.05, 4.69) is 201 Å². The highest BCUT2D eigenvalue weighted by Crippen LogP contribution is 2.56. The summed E-state index contributed by atoms with van der Waals surface area (Å²) in [6.45, 7) is 29.9. The van der Waals surface area contributed by atoms with E-state index in [4.69, 9.17) is 6.57 Å². The third-order valence-corrected chi connectivity index (χ3v) is 17.3. The summed E-state index contributed by atoms with van der Waals surface area (Å²) in [5.41, 5.74) is 33.6. The summed E-state index contributed by atoms with van der Waals surface area (Å²) in [5.74, 6) is 0. The molecule has 0 radical (unpaired) electrons. The van der Waals surface area contributed by atoms with E-state index in [1.54, 1.807) is 0 Å². The van der Waals surface area contributed by atoms with E-state index in [-0.39, 0.29) is 0 Å². The molecule has 0 N–H and O–H groups in total. The normalized spacial score (nSPS) is 12.1. The van der Waals surface area contributed by atoms with Gasteiger partial charge in [0.15, 0.2) is 5.69 Å². The number of hydrogen-bond acceptors (Lipinski definition) is 1. The fourth-order valence-electron chi connectivity index (χ4n) is 14.7. The molecule has 76 heavy (non-hydrogen) atoms. The molecule has 0 aromatic heterocycles. The van der Waals surface area contributed by atoms with Gasteiger partial charge in [-0.2, -0.15) is 5.26 Å². The van der Waals surface area contributed by atoms with E-state index in [9.17, 15) is 5.26 Å². The average molecular weight is 971 g/mol. The molecule has 0 amide bonds. The second-order valence-electron chi connectivity index (χ2n) is 22.3. The number of nitrogens with zero attached hydrogens (tertiary/aromatic N) is 2. The Bertz CT molecular complexity index is 4410. The van der Waals surface area contributed by atoms with E-state index in [0.29, 0.717) is 11.3 Å². The first kappa shape index (κ1) is 45.5. The van der Waals surface area contributed by atoms with Crippen molar-refractivity contribution in [2.75, 3.05) is 0 Å². The minimum atomic E-state index is 0.682. The summed E-state index contributed by atoms with van der Waals surface area (Å²) in [7, 11) is 0. The number of aryl methyl sites for hydroxylation is 10. The number of nitriles is 1. The minimum absolute atomic E-state index is 0.682. The second-order valence-corrected chi connectivity index (χ2v) is 22.3. The van der Waals surface area contributed by atoms with Crippen molar-refractivity contribution in [3.63, 3.8) is 0 Å². The van der Waals surface area contributed by atoms with Gasteiger partial charge < -0.3 is 0 Å². The number of hydrogen-bond donors (Lipinski definition) is 0. The lowest BCUT2D eigenvalue weighted by molar-refractivity contribution is 1.32. The van der Waals surface area contributed by atoms with Crippen molar-refractivity contribution < 1.29 is 0 Å². The van der Waals surface area contributed by atoms with Crippen molar-refractivity contribution in [1.82, 2.24) is 0 Å². The molecule has 0 saturated heterocycles. The van der Waals surface area contributed by atoms with Gasteiger partial charge in [-0.1, -0.05) is 119 Å². The van der Waals surface area contributed by atoms with Gasteiger partial charge >= 0.3 is 0 Å². The lowest BCUT2D eigenvalue weighted by Crippen LogP contribution is -1.96. The van der Waals surface area contributed by atoms with Crippen molar-refractivity contribution in [2.24, 2.45) is 0 Å². The third-order valence-electron chi connectivity index (χ3n) is 17.3. The van der Waals surface area contributed by atoms with Crippen LogP contribution in [0.2, 0.25) is 0 Å². The van der Waals surface area contributed by atoms with Gasteiger partial charge in [-0.05, 0) is 294 Å². The zero-order chi connectivity index (χ0) is 52.3. The molecule has 12 aromatic carbocycles. The molecule has 0 fully saturated rings. The Morgan fingerprint density at radius 2 is 0.605 bits per heavy atom. The zero-order valence-corrected chi connectivity index (χ0v) is 44.8. The Hall–Kier alpha value is -9.08. The topological polar surface area (TPSA) is 28.1 Å². The maximum Gasteiger partial charge on any atom is 0.187 e. The molecule has 0 spiro atoms. The second kappa shape index (κ2) is 16.2. The third kappa shape index (κ3) is 6.32. The molecular weight excluding hydrogens is 917 g/mol. The van der Waals surface area contributed by atoms with Crippen LogP contribution in [0.1, 0.15) is 61.2 Å². The smallest absolute Gasteiger partial charge is 0.187 e. The van der Waals surface area contributed by atoms with E-state index >= 15 is 0 Å². The molecule has 2 aliphatic rings. The van der Waals surface area contributed by atoms with E-state index in [0.717, 1.165) is 22.3 Å².